The summed E-state index contributed by atoms with van der Waals surface area (Å²) >= 11 is 5.89. The lowest BCUT2D eigenvalue weighted by Crippen LogP contribution is -2.26. The first kappa shape index (κ1) is 22.5. The van der Waals surface area contributed by atoms with Gasteiger partial charge in [-0.1, -0.05) is 35.9 Å². The summed E-state index contributed by atoms with van der Waals surface area (Å²) in [6, 6.07) is 10.4. The Morgan fingerprint density at radius 2 is 1.74 bits per heavy atom. The van der Waals surface area contributed by atoms with Crippen LogP contribution in [0, 0.1) is 11.6 Å². The van der Waals surface area contributed by atoms with E-state index in [0.717, 1.165) is 18.2 Å². The van der Waals surface area contributed by atoms with Crippen molar-refractivity contribution in [2.75, 3.05) is 18.5 Å². The van der Waals surface area contributed by atoms with Crippen molar-refractivity contribution in [1.29, 1.82) is 0 Å². The molecule has 3 aromatic rings. The van der Waals surface area contributed by atoms with E-state index >= 15 is 8.78 Å². The summed E-state index contributed by atoms with van der Waals surface area (Å²) < 4.78 is 58.5. The van der Waals surface area contributed by atoms with Crippen LogP contribution in [0.2, 0.25) is 5.02 Å². The number of hydrogen-bond acceptors (Lipinski definition) is 3. The maximum atomic E-state index is 15.0. The third-order valence-electron chi connectivity index (χ3n) is 4.52. The Labute approximate surface area is 180 Å². The third-order valence-corrected chi connectivity index (χ3v) is 4.74. The normalized spacial score (nSPS) is 11.4. The van der Waals surface area contributed by atoms with Crippen LogP contribution in [0.4, 0.5) is 23.2 Å². The van der Waals surface area contributed by atoms with E-state index in [-0.39, 0.29) is 46.0 Å². The number of oxime groups is 1. The van der Waals surface area contributed by atoms with E-state index in [0.29, 0.717) is 5.56 Å². The van der Waals surface area contributed by atoms with Gasteiger partial charge in [-0.05, 0) is 40.4 Å². The van der Waals surface area contributed by atoms with E-state index in [9.17, 15) is 8.78 Å². The topological polar surface area (TPSA) is 85.7 Å². The first-order valence-corrected chi connectivity index (χ1v) is 9.55. The summed E-state index contributed by atoms with van der Waals surface area (Å²) in [7, 11) is 0. The van der Waals surface area contributed by atoms with Gasteiger partial charge in [0.2, 0.25) is 5.96 Å². The summed E-state index contributed by atoms with van der Waals surface area (Å²) in [5.74, 6) is -5.12. The average Bonchev–Trinajstić information content (AvgIpc) is 2.70. The number of benzene rings is 3. The molecule has 0 radical (unpaired) electrons. The molecule has 5 nitrogen and oxygen atoms in total. The summed E-state index contributed by atoms with van der Waals surface area (Å²) in [4.78, 5) is 4.87. The van der Waals surface area contributed by atoms with Gasteiger partial charge in [0.1, 0.15) is 18.2 Å². The van der Waals surface area contributed by atoms with Gasteiger partial charge in [0, 0.05) is 22.4 Å². The molecule has 0 spiro atoms. The number of fused-ring (bicyclic) bond motifs is 1. The van der Waals surface area contributed by atoms with Gasteiger partial charge < -0.3 is 21.6 Å². The van der Waals surface area contributed by atoms with E-state index < -0.39 is 24.1 Å². The van der Waals surface area contributed by atoms with Gasteiger partial charge in [-0.2, -0.15) is 8.78 Å². The fraction of sp³-hybridized carbons (Fsp3) is 0.190. The second-order valence-electron chi connectivity index (χ2n) is 6.72. The van der Waals surface area contributed by atoms with Gasteiger partial charge in [-0.25, -0.2) is 8.78 Å². The van der Waals surface area contributed by atoms with Gasteiger partial charge in [-0.3, -0.25) is 0 Å². The molecule has 5 N–H and O–H groups in total. The minimum atomic E-state index is -3.43. The minimum Gasteiger partial charge on any atom is -0.393 e. The smallest absolute Gasteiger partial charge is 0.290 e. The van der Waals surface area contributed by atoms with Crippen LogP contribution in [0.15, 0.2) is 53.7 Å². The molecule has 0 aliphatic heterocycles. The molecule has 0 aromatic heterocycles. The van der Waals surface area contributed by atoms with Crippen LogP contribution in [0.25, 0.3) is 10.8 Å². The van der Waals surface area contributed by atoms with Crippen LogP contribution < -0.4 is 16.8 Å². The minimum absolute atomic E-state index is 0.0364. The number of hydrogen-bond donors (Lipinski definition) is 3. The fourth-order valence-corrected chi connectivity index (χ4v) is 3.40. The van der Waals surface area contributed by atoms with Crippen molar-refractivity contribution in [3.8, 4) is 0 Å². The van der Waals surface area contributed by atoms with Crippen LogP contribution in [-0.4, -0.2) is 19.1 Å². The Bertz CT molecular complexity index is 1120. The first-order chi connectivity index (χ1) is 14.7. The largest absolute Gasteiger partial charge is 0.393 e. The highest BCUT2D eigenvalue weighted by Crippen LogP contribution is 2.36. The molecule has 3 rings (SSSR count). The Balaban J connectivity index is 1.85. The molecule has 0 aliphatic carbocycles. The van der Waals surface area contributed by atoms with Gasteiger partial charge in [-0.15, -0.1) is 0 Å². The van der Waals surface area contributed by atoms with Crippen molar-refractivity contribution in [2.45, 2.75) is 12.3 Å². The predicted molar refractivity (Wildman–Crippen MR) is 113 cm³/mol. The molecular formula is C21H19ClF4N4O. The van der Waals surface area contributed by atoms with Crippen molar-refractivity contribution in [3.05, 3.63) is 76.3 Å². The SMILES string of the molecule is NC(N)=NOCCc1cc(Cl)cc(F)c1NCC(F)(F)c1ccc(F)c2ccccc12. The standard InChI is InChI=1S/C21H19ClF4N4O/c22-13-9-12(7-8-31-30-20(27)28)19(18(24)10-13)29-11-21(25,26)16-5-6-17(23)15-4-2-1-3-14(15)16/h1-6,9-10,29H,7-8,11H2,(H4,27,28,30). The fourth-order valence-electron chi connectivity index (χ4n) is 3.17. The molecule has 3 aromatic carbocycles. The molecular weight excluding hydrogens is 436 g/mol. The van der Waals surface area contributed by atoms with Crippen LogP contribution in [0.1, 0.15) is 11.1 Å². The maximum absolute atomic E-state index is 15.0. The number of nitrogens with one attached hydrogen (secondary N) is 1. The summed E-state index contributed by atoms with van der Waals surface area (Å²) in [5.41, 5.74) is 10.1. The quantitative estimate of drug-likeness (QED) is 0.151. The first-order valence-electron chi connectivity index (χ1n) is 9.17. The zero-order valence-electron chi connectivity index (χ0n) is 16.1. The highest BCUT2D eigenvalue weighted by molar-refractivity contribution is 6.30. The Hall–Kier alpha value is -3.20. The second-order valence-corrected chi connectivity index (χ2v) is 7.16. The van der Waals surface area contributed by atoms with Crippen LogP contribution in [0.5, 0.6) is 0 Å². The molecule has 0 bridgehead atoms. The molecule has 0 saturated carbocycles. The molecule has 164 valence electrons. The number of guanidine groups is 1. The zero-order valence-corrected chi connectivity index (χ0v) is 16.9. The van der Waals surface area contributed by atoms with Gasteiger partial charge in [0.15, 0.2) is 0 Å². The lowest BCUT2D eigenvalue weighted by Gasteiger charge is -2.22. The van der Waals surface area contributed by atoms with Crippen molar-refractivity contribution >= 4 is 34.0 Å². The van der Waals surface area contributed by atoms with E-state index in [2.05, 4.69) is 10.5 Å². The Morgan fingerprint density at radius 1 is 1.03 bits per heavy atom. The molecule has 0 amide bonds. The number of halogens is 5. The van der Waals surface area contributed by atoms with E-state index in [1.165, 1.54) is 18.2 Å². The van der Waals surface area contributed by atoms with Gasteiger partial charge in [0.25, 0.3) is 5.92 Å². The van der Waals surface area contributed by atoms with Crippen molar-refractivity contribution in [1.82, 2.24) is 0 Å². The Morgan fingerprint density at radius 3 is 2.45 bits per heavy atom. The molecule has 0 saturated heterocycles. The zero-order chi connectivity index (χ0) is 22.6. The van der Waals surface area contributed by atoms with Crippen molar-refractivity contribution in [3.63, 3.8) is 0 Å². The predicted octanol–water partition coefficient (Wildman–Crippen LogP) is 4.72. The van der Waals surface area contributed by atoms with Crippen LogP contribution >= 0.6 is 11.6 Å². The molecule has 0 unspecified atom stereocenters. The molecule has 10 heteroatoms. The summed E-state index contributed by atoms with van der Waals surface area (Å²) in [6.07, 6.45) is 0.0989. The highest BCUT2D eigenvalue weighted by atomic mass is 35.5. The lowest BCUT2D eigenvalue weighted by atomic mass is 9.99. The van der Waals surface area contributed by atoms with E-state index in [4.69, 9.17) is 27.9 Å². The number of nitrogens with two attached hydrogens (primary N) is 2. The van der Waals surface area contributed by atoms with Crippen molar-refractivity contribution in [2.24, 2.45) is 16.6 Å². The van der Waals surface area contributed by atoms with Gasteiger partial charge in [0.05, 0.1) is 12.2 Å². The lowest BCUT2D eigenvalue weighted by molar-refractivity contribution is 0.0121. The van der Waals surface area contributed by atoms with Crippen LogP contribution in [0.3, 0.4) is 0 Å². The van der Waals surface area contributed by atoms with Gasteiger partial charge >= 0.3 is 0 Å². The molecule has 0 atom stereocenters. The molecule has 31 heavy (non-hydrogen) atoms. The average molecular weight is 455 g/mol. The number of alkyl halides is 2. The van der Waals surface area contributed by atoms with Crippen molar-refractivity contribution < 1.29 is 22.4 Å². The Kier molecular flexibility index (Phi) is 6.74. The summed E-state index contributed by atoms with van der Waals surface area (Å²) in [5, 5.41) is 6.06. The maximum Gasteiger partial charge on any atom is 0.290 e. The van der Waals surface area contributed by atoms with E-state index in [1.54, 1.807) is 12.1 Å². The third kappa shape index (κ3) is 5.29. The number of rotatable bonds is 8. The molecule has 0 aliphatic rings. The highest BCUT2D eigenvalue weighted by Gasteiger charge is 2.34. The molecule has 0 fully saturated rings. The monoisotopic (exact) mass is 454 g/mol. The number of anilines is 1. The van der Waals surface area contributed by atoms with Crippen LogP contribution in [-0.2, 0) is 17.2 Å². The number of nitrogens with zero attached hydrogens (tertiary/aromatic N) is 1. The van der Waals surface area contributed by atoms with E-state index in [1.807, 2.05) is 0 Å². The second kappa shape index (κ2) is 9.30. The molecule has 0 heterocycles. The summed E-state index contributed by atoms with van der Waals surface area (Å²) in [6.45, 7) is -0.964.